The average Bonchev–Trinajstić information content (AvgIpc) is 2.94. The number of benzene rings is 1. The van der Waals surface area contributed by atoms with Crippen molar-refractivity contribution in [2.75, 3.05) is 18.4 Å². The Kier molecular flexibility index (Phi) is 9.23. The molecule has 3 aliphatic heterocycles. The number of hydrogen-bond donors (Lipinski definition) is 2. The Bertz CT molecular complexity index is 653. The van der Waals surface area contributed by atoms with E-state index in [1.165, 1.54) is 18.4 Å². The molecule has 0 aromatic heterocycles. The summed E-state index contributed by atoms with van der Waals surface area (Å²) in [6.07, 6.45) is 6.01. The van der Waals surface area contributed by atoms with E-state index in [9.17, 15) is 4.79 Å². The number of anilines is 1. The van der Waals surface area contributed by atoms with Gasteiger partial charge in [0, 0.05) is 43.8 Å². The van der Waals surface area contributed by atoms with E-state index in [-0.39, 0.29) is 42.9 Å². The van der Waals surface area contributed by atoms with Gasteiger partial charge < -0.3 is 15.4 Å². The van der Waals surface area contributed by atoms with Crippen LogP contribution >= 0.6 is 24.8 Å². The highest BCUT2D eigenvalue weighted by molar-refractivity contribution is 5.91. The zero-order valence-corrected chi connectivity index (χ0v) is 19.1. The Labute approximate surface area is 187 Å². The first-order valence-corrected chi connectivity index (χ1v) is 10.6. The van der Waals surface area contributed by atoms with Crippen LogP contribution < -0.4 is 10.6 Å². The van der Waals surface area contributed by atoms with Gasteiger partial charge in [0.15, 0.2) is 0 Å². The number of carbonyl (C=O) groups excluding carboxylic acids is 1. The standard InChI is InChI=1S/C22H33N3O2.2ClH/c1-15-12-25(13-16(2)27-15)14-18-5-3-4-6-21(18)24-22(26)11-17-9-19-7-8-20(10-17)23-19;;/h3-6,15-17,19-20,23H,7-14H2,1-2H3,(H,24,26);2*1H. The van der Waals surface area contributed by atoms with Gasteiger partial charge in [0.1, 0.15) is 0 Å². The van der Waals surface area contributed by atoms with Crippen LogP contribution in [0.25, 0.3) is 0 Å². The summed E-state index contributed by atoms with van der Waals surface area (Å²) in [5, 5.41) is 6.86. The van der Waals surface area contributed by atoms with Crippen LogP contribution in [0.3, 0.4) is 0 Å². The average molecular weight is 444 g/mol. The molecule has 1 aromatic carbocycles. The highest BCUT2D eigenvalue weighted by atomic mass is 35.5. The first kappa shape index (κ1) is 24.4. The molecule has 0 aliphatic carbocycles. The molecule has 29 heavy (non-hydrogen) atoms. The SMILES string of the molecule is CC1CN(Cc2ccccc2NC(=O)CC2CC3CCC(C2)N3)CC(C)O1.Cl.Cl. The molecule has 4 unspecified atom stereocenters. The molecule has 0 radical (unpaired) electrons. The molecule has 7 heteroatoms. The van der Waals surface area contributed by atoms with Crippen LogP contribution in [0.15, 0.2) is 24.3 Å². The van der Waals surface area contributed by atoms with E-state index in [1.807, 2.05) is 12.1 Å². The summed E-state index contributed by atoms with van der Waals surface area (Å²) in [6.45, 7) is 6.98. The minimum atomic E-state index is 0. The Balaban J connectivity index is 0.00000150. The second-order valence-corrected chi connectivity index (χ2v) is 8.84. The Morgan fingerprint density at radius 1 is 1.10 bits per heavy atom. The van der Waals surface area contributed by atoms with E-state index in [1.54, 1.807) is 0 Å². The fraction of sp³-hybridized carbons (Fsp3) is 0.682. The molecule has 2 bridgehead atoms. The van der Waals surface area contributed by atoms with Gasteiger partial charge in [-0.25, -0.2) is 0 Å². The molecule has 4 rings (SSSR count). The number of para-hydroxylation sites is 1. The topological polar surface area (TPSA) is 53.6 Å². The monoisotopic (exact) mass is 443 g/mol. The molecule has 3 aliphatic rings. The van der Waals surface area contributed by atoms with Crippen molar-refractivity contribution in [3.63, 3.8) is 0 Å². The lowest BCUT2D eigenvalue weighted by Gasteiger charge is -2.35. The maximum atomic E-state index is 12.7. The molecule has 1 aromatic rings. The van der Waals surface area contributed by atoms with Crippen molar-refractivity contribution in [1.29, 1.82) is 0 Å². The minimum absolute atomic E-state index is 0. The lowest BCUT2D eigenvalue weighted by Crippen LogP contribution is -2.44. The van der Waals surface area contributed by atoms with E-state index in [0.29, 0.717) is 24.4 Å². The normalized spacial score (nSPS) is 31.4. The third kappa shape index (κ3) is 6.56. The summed E-state index contributed by atoms with van der Waals surface area (Å²) in [6, 6.07) is 9.51. The Morgan fingerprint density at radius 3 is 2.38 bits per heavy atom. The smallest absolute Gasteiger partial charge is 0.224 e. The maximum absolute atomic E-state index is 12.7. The molecule has 0 saturated carbocycles. The molecule has 0 spiro atoms. The van der Waals surface area contributed by atoms with Crippen molar-refractivity contribution in [2.45, 2.75) is 76.8 Å². The molecular weight excluding hydrogens is 409 g/mol. The minimum Gasteiger partial charge on any atom is -0.373 e. The van der Waals surface area contributed by atoms with Crippen LogP contribution in [0.4, 0.5) is 5.69 Å². The number of amides is 1. The second-order valence-electron chi connectivity index (χ2n) is 8.84. The second kappa shape index (κ2) is 11.0. The zero-order valence-electron chi connectivity index (χ0n) is 17.4. The summed E-state index contributed by atoms with van der Waals surface area (Å²) in [5.41, 5.74) is 2.16. The number of nitrogens with zero attached hydrogens (tertiary/aromatic N) is 1. The van der Waals surface area contributed by atoms with Gasteiger partial charge in [0.25, 0.3) is 0 Å². The van der Waals surface area contributed by atoms with Gasteiger partial charge in [-0.05, 0) is 57.1 Å². The molecule has 2 N–H and O–H groups in total. The largest absolute Gasteiger partial charge is 0.373 e. The van der Waals surface area contributed by atoms with Crippen LogP contribution in [0, 0.1) is 5.92 Å². The summed E-state index contributed by atoms with van der Waals surface area (Å²) in [7, 11) is 0. The Morgan fingerprint density at radius 2 is 1.72 bits per heavy atom. The molecule has 4 atom stereocenters. The van der Waals surface area contributed by atoms with Crippen LogP contribution in [-0.4, -0.2) is 48.2 Å². The molecular formula is C22H35Cl2N3O2. The predicted molar refractivity (Wildman–Crippen MR) is 122 cm³/mol. The summed E-state index contributed by atoms with van der Waals surface area (Å²) in [4.78, 5) is 15.1. The first-order valence-electron chi connectivity index (χ1n) is 10.6. The van der Waals surface area contributed by atoms with Crippen LogP contribution in [-0.2, 0) is 16.1 Å². The lowest BCUT2D eigenvalue weighted by atomic mass is 9.89. The van der Waals surface area contributed by atoms with Crippen molar-refractivity contribution >= 4 is 36.4 Å². The summed E-state index contributed by atoms with van der Waals surface area (Å²) >= 11 is 0. The van der Waals surface area contributed by atoms with Crippen LogP contribution in [0.5, 0.6) is 0 Å². The number of hydrogen-bond acceptors (Lipinski definition) is 4. The number of rotatable bonds is 5. The van der Waals surface area contributed by atoms with Gasteiger partial charge in [0.2, 0.25) is 5.91 Å². The van der Waals surface area contributed by atoms with Crippen LogP contribution in [0.1, 0.15) is 51.5 Å². The van der Waals surface area contributed by atoms with E-state index in [0.717, 1.165) is 38.2 Å². The van der Waals surface area contributed by atoms with Gasteiger partial charge in [-0.3, -0.25) is 9.69 Å². The van der Waals surface area contributed by atoms with E-state index in [2.05, 4.69) is 41.5 Å². The number of nitrogens with one attached hydrogen (secondary N) is 2. The molecule has 3 fully saturated rings. The highest BCUT2D eigenvalue weighted by Gasteiger charge is 2.34. The number of morpholine rings is 1. The number of fused-ring (bicyclic) bond motifs is 2. The number of halogens is 2. The van der Waals surface area contributed by atoms with Crippen molar-refractivity contribution in [2.24, 2.45) is 5.92 Å². The lowest BCUT2D eigenvalue weighted by molar-refractivity contribution is -0.117. The van der Waals surface area contributed by atoms with Crippen molar-refractivity contribution in [1.82, 2.24) is 10.2 Å². The molecule has 5 nitrogen and oxygen atoms in total. The number of carbonyl (C=O) groups is 1. The quantitative estimate of drug-likeness (QED) is 0.721. The van der Waals surface area contributed by atoms with Gasteiger partial charge >= 0.3 is 0 Å². The van der Waals surface area contributed by atoms with Gasteiger partial charge in [-0.15, -0.1) is 24.8 Å². The zero-order chi connectivity index (χ0) is 18.8. The molecule has 1 amide bonds. The summed E-state index contributed by atoms with van der Waals surface area (Å²) in [5.74, 6) is 0.689. The highest BCUT2D eigenvalue weighted by Crippen LogP contribution is 2.33. The van der Waals surface area contributed by atoms with E-state index < -0.39 is 0 Å². The predicted octanol–water partition coefficient (Wildman–Crippen LogP) is 4.00. The summed E-state index contributed by atoms with van der Waals surface area (Å²) < 4.78 is 5.84. The van der Waals surface area contributed by atoms with Crippen molar-refractivity contribution in [3.8, 4) is 0 Å². The first-order chi connectivity index (χ1) is 13.0. The molecule has 3 saturated heterocycles. The van der Waals surface area contributed by atoms with Gasteiger partial charge in [-0.2, -0.15) is 0 Å². The molecule has 164 valence electrons. The number of piperidine rings is 1. The fourth-order valence-electron chi connectivity index (χ4n) is 5.24. The van der Waals surface area contributed by atoms with Crippen molar-refractivity contribution < 1.29 is 9.53 Å². The van der Waals surface area contributed by atoms with E-state index >= 15 is 0 Å². The number of ether oxygens (including phenoxy) is 1. The fourth-order valence-corrected chi connectivity index (χ4v) is 5.24. The maximum Gasteiger partial charge on any atom is 0.224 e. The van der Waals surface area contributed by atoms with E-state index in [4.69, 9.17) is 4.74 Å². The Hall–Kier alpha value is -0.850. The third-order valence-electron chi connectivity index (χ3n) is 6.23. The molecule has 3 heterocycles. The van der Waals surface area contributed by atoms with Gasteiger partial charge in [0.05, 0.1) is 12.2 Å². The van der Waals surface area contributed by atoms with Gasteiger partial charge in [-0.1, -0.05) is 18.2 Å². The third-order valence-corrected chi connectivity index (χ3v) is 6.23. The van der Waals surface area contributed by atoms with Crippen LogP contribution in [0.2, 0.25) is 0 Å². The van der Waals surface area contributed by atoms with Crippen molar-refractivity contribution in [3.05, 3.63) is 29.8 Å².